The zero-order valence-corrected chi connectivity index (χ0v) is 12.2. The molecule has 1 fully saturated rings. The van der Waals surface area contributed by atoms with Gasteiger partial charge in [-0.05, 0) is 29.6 Å². The molecule has 1 unspecified atom stereocenters. The first-order valence-corrected chi connectivity index (χ1v) is 8.15. The molecule has 0 N–H and O–H groups in total. The molecule has 1 aliphatic rings. The number of nitrogens with zero attached hydrogens (tertiary/aromatic N) is 1. The lowest BCUT2D eigenvalue weighted by molar-refractivity contribution is 0.206. The molecule has 3 atom stereocenters. The highest BCUT2D eigenvalue weighted by Crippen LogP contribution is 2.59. The molecule has 0 saturated carbocycles. The molecule has 4 heteroatoms. The van der Waals surface area contributed by atoms with Crippen molar-refractivity contribution in [3.05, 3.63) is 35.9 Å². The summed E-state index contributed by atoms with van der Waals surface area (Å²) in [7, 11) is -0.958. The third-order valence-electron chi connectivity index (χ3n) is 2.99. The van der Waals surface area contributed by atoms with E-state index in [4.69, 9.17) is 15.8 Å². The summed E-state index contributed by atoms with van der Waals surface area (Å²) in [5.41, 5.74) is 1.22. The number of hydrogen-bond acceptors (Lipinski definition) is 2. The molecule has 1 aromatic rings. The molecule has 0 radical (unpaired) electrons. The SMILES string of the molecule is CC(C)CN1[C@@H](C)[C@@H](c2ccccc2)OP1Cl. The fourth-order valence-corrected chi connectivity index (χ4v) is 4.45. The van der Waals surface area contributed by atoms with Crippen molar-refractivity contribution in [1.82, 2.24) is 4.67 Å². The fraction of sp³-hybridized carbons (Fsp3) is 0.538. The van der Waals surface area contributed by atoms with E-state index in [1.165, 1.54) is 5.56 Å². The first kappa shape index (κ1) is 13.3. The average Bonchev–Trinajstić information content (AvgIpc) is 2.58. The molecule has 2 rings (SSSR count). The van der Waals surface area contributed by atoms with Gasteiger partial charge >= 0.3 is 0 Å². The molecule has 17 heavy (non-hydrogen) atoms. The van der Waals surface area contributed by atoms with E-state index in [2.05, 4.69) is 37.6 Å². The molecular formula is C13H19ClNOP. The van der Waals surface area contributed by atoms with Crippen LogP contribution in [0.15, 0.2) is 30.3 Å². The van der Waals surface area contributed by atoms with E-state index in [1.807, 2.05) is 18.2 Å². The van der Waals surface area contributed by atoms with Crippen LogP contribution in [0.1, 0.15) is 32.4 Å². The van der Waals surface area contributed by atoms with Gasteiger partial charge in [-0.3, -0.25) is 0 Å². The summed E-state index contributed by atoms with van der Waals surface area (Å²) in [6.07, 6.45) is 0.110. The first-order chi connectivity index (χ1) is 8.09. The molecule has 94 valence electrons. The summed E-state index contributed by atoms with van der Waals surface area (Å²) in [5.74, 6) is 0.610. The monoisotopic (exact) mass is 271 g/mol. The van der Waals surface area contributed by atoms with Crippen molar-refractivity contribution >= 4 is 18.9 Å². The van der Waals surface area contributed by atoms with Gasteiger partial charge in [0.05, 0.1) is 0 Å². The second kappa shape index (κ2) is 5.67. The Bertz CT molecular complexity index is 360. The lowest BCUT2D eigenvalue weighted by atomic mass is 10.0. The summed E-state index contributed by atoms with van der Waals surface area (Å²) in [4.78, 5) is 0. The van der Waals surface area contributed by atoms with E-state index in [0.717, 1.165) is 6.54 Å². The van der Waals surface area contributed by atoms with Crippen LogP contribution in [-0.4, -0.2) is 17.3 Å². The van der Waals surface area contributed by atoms with Gasteiger partial charge in [0.25, 0.3) is 0 Å². The van der Waals surface area contributed by atoms with E-state index in [-0.39, 0.29) is 6.10 Å². The Hall–Kier alpha value is -0.140. The van der Waals surface area contributed by atoms with Gasteiger partial charge in [0.1, 0.15) is 6.10 Å². The van der Waals surface area contributed by atoms with Crippen LogP contribution in [0.2, 0.25) is 0 Å². The van der Waals surface area contributed by atoms with Crippen molar-refractivity contribution in [2.75, 3.05) is 6.54 Å². The summed E-state index contributed by atoms with van der Waals surface area (Å²) in [5, 5.41) is 0. The lowest BCUT2D eigenvalue weighted by Gasteiger charge is -2.24. The van der Waals surface area contributed by atoms with Crippen LogP contribution < -0.4 is 0 Å². The average molecular weight is 272 g/mol. The van der Waals surface area contributed by atoms with Crippen LogP contribution >= 0.6 is 18.9 Å². The smallest absolute Gasteiger partial charge is 0.207 e. The van der Waals surface area contributed by atoms with Crippen LogP contribution in [0.3, 0.4) is 0 Å². The van der Waals surface area contributed by atoms with Crippen LogP contribution in [0.25, 0.3) is 0 Å². The highest BCUT2D eigenvalue weighted by molar-refractivity contribution is 7.78. The highest BCUT2D eigenvalue weighted by atomic mass is 35.7. The Morgan fingerprint density at radius 1 is 1.35 bits per heavy atom. The Labute approximate surface area is 110 Å². The number of halogens is 1. The number of hydrogen-bond donors (Lipinski definition) is 0. The van der Waals surface area contributed by atoms with E-state index in [1.54, 1.807) is 0 Å². The summed E-state index contributed by atoms with van der Waals surface area (Å²) < 4.78 is 8.22. The molecule has 0 amide bonds. The molecule has 1 aromatic carbocycles. The molecule has 0 aromatic heterocycles. The normalized spacial score (nSPS) is 30.1. The minimum atomic E-state index is -0.958. The van der Waals surface area contributed by atoms with E-state index in [0.29, 0.717) is 12.0 Å². The molecule has 2 nitrogen and oxygen atoms in total. The van der Waals surface area contributed by atoms with Gasteiger partial charge in [-0.15, -0.1) is 0 Å². The number of benzene rings is 1. The van der Waals surface area contributed by atoms with Crippen molar-refractivity contribution in [2.45, 2.75) is 32.9 Å². The topological polar surface area (TPSA) is 12.5 Å². The molecule has 0 aliphatic carbocycles. The van der Waals surface area contributed by atoms with Gasteiger partial charge in [0.2, 0.25) is 7.65 Å². The van der Waals surface area contributed by atoms with Crippen LogP contribution in [-0.2, 0) is 4.52 Å². The second-order valence-electron chi connectivity index (χ2n) is 4.92. The lowest BCUT2D eigenvalue weighted by Crippen LogP contribution is -2.29. The Balaban J connectivity index is 2.13. The van der Waals surface area contributed by atoms with Crippen molar-refractivity contribution in [1.29, 1.82) is 0 Å². The van der Waals surface area contributed by atoms with Crippen LogP contribution in [0.5, 0.6) is 0 Å². The van der Waals surface area contributed by atoms with Crippen molar-refractivity contribution in [2.24, 2.45) is 5.92 Å². The minimum absolute atomic E-state index is 0.110. The third kappa shape index (κ3) is 3.00. The highest BCUT2D eigenvalue weighted by Gasteiger charge is 2.40. The molecule has 1 saturated heterocycles. The van der Waals surface area contributed by atoms with Crippen molar-refractivity contribution in [3.8, 4) is 0 Å². The van der Waals surface area contributed by atoms with Gasteiger partial charge in [-0.2, -0.15) is 0 Å². The Kier molecular flexibility index (Phi) is 4.43. The largest absolute Gasteiger partial charge is 0.322 e. The maximum atomic E-state index is 6.33. The standard InChI is InChI=1S/C13H19ClNOP/c1-10(2)9-15-11(3)13(16-17(15)14)12-7-5-4-6-8-12/h4-8,10-11,13H,9H2,1-3H3/t11-,13-,17?/m0/s1. The zero-order chi connectivity index (χ0) is 12.4. The van der Waals surface area contributed by atoms with Gasteiger partial charge in [-0.1, -0.05) is 44.2 Å². The van der Waals surface area contributed by atoms with Crippen LogP contribution in [0.4, 0.5) is 0 Å². The molecule has 1 heterocycles. The third-order valence-corrected chi connectivity index (χ3v) is 5.15. The van der Waals surface area contributed by atoms with E-state index in [9.17, 15) is 0 Å². The predicted molar refractivity (Wildman–Crippen MR) is 74.0 cm³/mol. The van der Waals surface area contributed by atoms with Crippen LogP contribution in [0, 0.1) is 5.92 Å². The van der Waals surface area contributed by atoms with Gasteiger partial charge in [0, 0.05) is 12.6 Å². The maximum absolute atomic E-state index is 6.33. The molecule has 0 spiro atoms. The van der Waals surface area contributed by atoms with Gasteiger partial charge < -0.3 is 4.52 Å². The Morgan fingerprint density at radius 3 is 2.59 bits per heavy atom. The van der Waals surface area contributed by atoms with Crippen molar-refractivity contribution < 1.29 is 4.52 Å². The minimum Gasteiger partial charge on any atom is -0.322 e. The van der Waals surface area contributed by atoms with Gasteiger partial charge in [0.15, 0.2) is 0 Å². The van der Waals surface area contributed by atoms with Crippen molar-refractivity contribution in [3.63, 3.8) is 0 Å². The van der Waals surface area contributed by atoms with E-state index < -0.39 is 7.65 Å². The summed E-state index contributed by atoms with van der Waals surface area (Å²) in [6, 6.07) is 10.7. The fourth-order valence-electron chi connectivity index (χ4n) is 2.13. The molecule has 0 bridgehead atoms. The number of rotatable bonds is 3. The van der Waals surface area contributed by atoms with E-state index >= 15 is 0 Å². The first-order valence-electron chi connectivity index (χ1n) is 6.03. The zero-order valence-electron chi connectivity index (χ0n) is 10.5. The maximum Gasteiger partial charge on any atom is 0.207 e. The second-order valence-corrected chi connectivity index (χ2v) is 6.96. The quantitative estimate of drug-likeness (QED) is 0.747. The summed E-state index contributed by atoms with van der Waals surface area (Å²) in [6.45, 7) is 7.62. The predicted octanol–water partition coefficient (Wildman–Crippen LogP) is 4.57. The molecule has 1 aliphatic heterocycles. The molecular weight excluding hydrogens is 253 g/mol. The Morgan fingerprint density at radius 2 is 2.00 bits per heavy atom. The van der Waals surface area contributed by atoms with Gasteiger partial charge in [-0.25, -0.2) is 4.67 Å². The summed E-state index contributed by atoms with van der Waals surface area (Å²) >= 11 is 6.33.